The Morgan fingerprint density at radius 1 is 0.714 bits per heavy atom. The standard InChI is InChI=1S/C43H54N4O9/c1-3-16-36(28-39(49)47(26-27-48)29-33-18-8-5-9-19-33)40(50)45-37(24-14-15-25-44-42(52)55-30-34-20-10-6-11-21-34)32-54-41(51)38(17-4-2)46-43(53)56-31-35-22-12-7-13-23-35/h3-13,18-23,36-38,48H,1-2,14-17,24-32H2,(H,44,52)(H,45,50)(H,46,53)/t36-,37+,38-/m1/s1. The number of nitrogens with one attached hydrogen (secondary N) is 3. The zero-order valence-electron chi connectivity index (χ0n) is 31.8. The van der Waals surface area contributed by atoms with E-state index in [9.17, 15) is 29.1 Å². The van der Waals surface area contributed by atoms with E-state index in [2.05, 4.69) is 29.1 Å². The third-order valence-electron chi connectivity index (χ3n) is 8.61. The van der Waals surface area contributed by atoms with E-state index < -0.39 is 42.1 Å². The van der Waals surface area contributed by atoms with Crippen molar-refractivity contribution in [2.24, 2.45) is 5.92 Å². The van der Waals surface area contributed by atoms with Gasteiger partial charge in [-0.05, 0) is 48.8 Å². The number of hydrogen-bond donors (Lipinski definition) is 4. The summed E-state index contributed by atoms with van der Waals surface area (Å²) in [5, 5.41) is 17.8. The first kappa shape index (κ1) is 44.4. The zero-order chi connectivity index (χ0) is 40.4. The molecule has 0 spiro atoms. The summed E-state index contributed by atoms with van der Waals surface area (Å²) in [5.74, 6) is -2.28. The van der Waals surface area contributed by atoms with Crippen molar-refractivity contribution in [3.63, 3.8) is 0 Å². The van der Waals surface area contributed by atoms with Gasteiger partial charge in [0.2, 0.25) is 11.8 Å². The maximum absolute atomic E-state index is 13.7. The van der Waals surface area contributed by atoms with Gasteiger partial charge < -0.3 is 40.2 Å². The third kappa shape index (κ3) is 17.5. The van der Waals surface area contributed by atoms with E-state index in [4.69, 9.17) is 14.2 Å². The smallest absolute Gasteiger partial charge is 0.408 e. The van der Waals surface area contributed by atoms with Gasteiger partial charge in [0.05, 0.1) is 18.6 Å². The first-order valence-corrected chi connectivity index (χ1v) is 18.8. The van der Waals surface area contributed by atoms with Crippen molar-refractivity contribution in [2.45, 2.75) is 70.4 Å². The monoisotopic (exact) mass is 770 g/mol. The van der Waals surface area contributed by atoms with Crippen LogP contribution in [0.2, 0.25) is 0 Å². The van der Waals surface area contributed by atoms with Crippen molar-refractivity contribution in [2.75, 3.05) is 26.3 Å². The molecule has 4 N–H and O–H groups in total. The van der Waals surface area contributed by atoms with Gasteiger partial charge in [-0.25, -0.2) is 14.4 Å². The first-order valence-electron chi connectivity index (χ1n) is 18.8. The van der Waals surface area contributed by atoms with Crippen LogP contribution < -0.4 is 16.0 Å². The normalized spacial score (nSPS) is 12.2. The van der Waals surface area contributed by atoms with Crippen LogP contribution in [-0.4, -0.2) is 78.4 Å². The number of aliphatic hydroxyl groups excluding tert-OH is 1. The van der Waals surface area contributed by atoms with Crippen LogP contribution in [0, 0.1) is 5.92 Å². The topological polar surface area (TPSA) is 173 Å². The van der Waals surface area contributed by atoms with Gasteiger partial charge in [-0.2, -0.15) is 0 Å². The number of esters is 1. The minimum absolute atomic E-state index is 0.00857. The highest BCUT2D eigenvalue weighted by atomic mass is 16.6. The lowest BCUT2D eigenvalue weighted by Gasteiger charge is -2.26. The largest absolute Gasteiger partial charge is 0.462 e. The van der Waals surface area contributed by atoms with Crippen molar-refractivity contribution in [1.29, 1.82) is 0 Å². The number of aliphatic hydroxyl groups is 1. The Morgan fingerprint density at radius 3 is 1.86 bits per heavy atom. The van der Waals surface area contributed by atoms with Gasteiger partial charge in [0.15, 0.2) is 0 Å². The van der Waals surface area contributed by atoms with E-state index in [-0.39, 0.29) is 64.7 Å². The Labute approximate surface area is 329 Å². The van der Waals surface area contributed by atoms with Gasteiger partial charge in [0.25, 0.3) is 0 Å². The second-order valence-corrected chi connectivity index (χ2v) is 13.1. The number of rotatable bonds is 25. The van der Waals surface area contributed by atoms with E-state index in [1.54, 1.807) is 18.2 Å². The summed E-state index contributed by atoms with van der Waals surface area (Å²) >= 11 is 0. The molecule has 0 heterocycles. The Hall–Kier alpha value is -5.95. The molecule has 0 aromatic heterocycles. The van der Waals surface area contributed by atoms with E-state index in [1.165, 1.54) is 11.0 Å². The lowest BCUT2D eigenvalue weighted by molar-refractivity contribution is -0.147. The molecule has 0 unspecified atom stereocenters. The maximum atomic E-state index is 13.7. The highest BCUT2D eigenvalue weighted by molar-refractivity contribution is 5.86. The fourth-order valence-corrected chi connectivity index (χ4v) is 5.61. The molecule has 13 nitrogen and oxygen atoms in total. The maximum Gasteiger partial charge on any atom is 0.408 e. The predicted molar refractivity (Wildman–Crippen MR) is 212 cm³/mol. The number of alkyl carbamates (subject to hydrolysis) is 2. The Kier molecular flexibility index (Phi) is 20.6. The number of amides is 4. The second-order valence-electron chi connectivity index (χ2n) is 13.1. The van der Waals surface area contributed by atoms with Gasteiger partial charge in [-0.15, -0.1) is 13.2 Å². The highest BCUT2D eigenvalue weighted by Crippen LogP contribution is 2.16. The molecule has 0 saturated heterocycles. The molecule has 3 aromatic rings. The van der Waals surface area contributed by atoms with E-state index in [1.807, 2.05) is 78.9 Å². The molecule has 13 heteroatoms. The van der Waals surface area contributed by atoms with Crippen LogP contribution in [-0.2, 0) is 48.4 Å². The van der Waals surface area contributed by atoms with E-state index in [0.717, 1.165) is 16.7 Å². The Balaban J connectivity index is 1.62. The Morgan fingerprint density at radius 2 is 1.29 bits per heavy atom. The lowest BCUT2D eigenvalue weighted by Crippen LogP contribution is -2.46. The predicted octanol–water partition coefficient (Wildman–Crippen LogP) is 5.59. The molecule has 3 aromatic carbocycles. The van der Waals surface area contributed by atoms with Crippen molar-refractivity contribution in [3.05, 3.63) is 133 Å². The SMILES string of the molecule is C=CC[C@H](CC(=O)N(CCO)Cc1ccccc1)C(=O)N[C@@H](CCCCNC(=O)OCc1ccccc1)COC(=O)[C@@H](CC=C)NC(=O)OCc1ccccc1. The molecule has 0 aliphatic heterocycles. The van der Waals surface area contributed by atoms with Crippen LogP contribution in [0.1, 0.15) is 55.2 Å². The van der Waals surface area contributed by atoms with Gasteiger partial charge in [0.1, 0.15) is 25.9 Å². The number of allylic oxidation sites excluding steroid dienone is 1. The molecule has 0 bridgehead atoms. The van der Waals surface area contributed by atoms with Crippen LogP contribution in [0.15, 0.2) is 116 Å². The van der Waals surface area contributed by atoms with Crippen molar-refractivity contribution < 1.29 is 43.3 Å². The average molecular weight is 771 g/mol. The summed E-state index contributed by atoms with van der Waals surface area (Å²) in [7, 11) is 0. The second kappa shape index (κ2) is 26.0. The van der Waals surface area contributed by atoms with Crippen LogP contribution >= 0.6 is 0 Å². The fourth-order valence-electron chi connectivity index (χ4n) is 5.61. The van der Waals surface area contributed by atoms with Crippen LogP contribution in [0.4, 0.5) is 9.59 Å². The molecular weight excluding hydrogens is 716 g/mol. The molecule has 3 rings (SSSR count). The number of carbonyl (C=O) groups excluding carboxylic acids is 5. The van der Waals surface area contributed by atoms with Crippen LogP contribution in [0.25, 0.3) is 0 Å². The molecule has 0 aliphatic rings. The fraction of sp³-hybridized carbons (Fsp3) is 0.372. The molecule has 56 heavy (non-hydrogen) atoms. The number of nitrogens with zero attached hydrogens (tertiary/aromatic N) is 1. The van der Waals surface area contributed by atoms with Crippen LogP contribution in [0.5, 0.6) is 0 Å². The molecule has 3 atom stereocenters. The first-order chi connectivity index (χ1) is 27.2. The minimum atomic E-state index is -1.09. The Bertz CT molecular complexity index is 1660. The molecule has 0 fully saturated rings. The molecule has 300 valence electrons. The quantitative estimate of drug-likeness (QED) is 0.0371. The van der Waals surface area contributed by atoms with Crippen LogP contribution in [0.3, 0.4) is 0 Å². The summed E-state index contributed by atoms with van der Waals surface area (Å²) in [6.07, 6.45) is 3.20. The number of ether oxygens (including phenoxy) is 3. The highest BCUT2D eigenvalue weighted by Gasteiger charge is 2.28. The van der Waals surface area contributed by atoms with Crippen molar-refractivity contribution in [3.8, 4) is 0 Å². The van der Waals surface area contributed by atoms with Crippen molar-refractivity contribution in [1.82, 2.24) is 20.9 Å². The van der Waals surface area contributed by atoms with Gasteiger partial charge in [0, 0.05) is 26.1 Å². The van der Waals surface area contributed by atoms with E-state index >= 15 is 0 Å². The summed E-state index contributed by atoms with van der Waals surface area (Å²) in [6.45, 7) is 7.80. The summed E-state index contributed by atoms with van der Waals surface area (Å²) in [4.78, 5) is 66.6. The molecule has 4 amide bonds. The number of hydrogen-bond acceptors (Lipinski definition) is 9. The number of carbonyl (C=O) groups is 5. The molecular formula is C43H54N4O9. The summed E-state index contributed by atoms with van der Waals surface area (Å²) < 4.78 is 16.2. The summed E-state index contributed by atoms with van der Waals surface area (Å²) in [5.41, 5.74) is 2.52. The molecule has 0 aliphatic carbocycles. The third-order valence-corrected chi connectivity index (χ3v) is 8.61. The van der Waals surface area contributed by atoms with Gasteiger partial charge >= 0.3 is 18.2 Å². The minimum Gasteiger partial charge on any atom is -0.462 e. The number of unbranched alkanes of at least 4 members (excludes halogenated alkanes) is 1. The lowest BCUT2D eigenvalue weighted by atomic mass is 9.98. The van der Waals surface area contributed by atoms with Crippen molar-refractivity contribution >= 4 is 30.0 Å². The van der Waals surface area contributed by atoms with Gasteiger partial charge in [-0.1, -0.05) is 103 Å². The van der Waals surface area contributed by atoms with Gasteiger partial charge in [-0.3, -0.25) is 9.59 Å². The molecule has 0 saturated carbocycles. The molecule has 0 radical (unpaired) electrons. The number of benzene rings is 3. The summed E-state index contributed by atoms with van der Waals surface area (Å²) in [6, 6.07) is 26.0. The van der Waals surface area contributed by atoms with E-state index in [0.29, 0.717) is 25.8 Å². The average Bonchev–Trinajstić information content (AvgIpc) is 3.21. The zero-order valence-corrected chi connectivity index (χ0v) is 31.8.